The largest absolute Gasteiger partial charge is 0.370 e. The number of halogens is 1. The second-order valence-corrected chi connectivity index (χ2v) is 8.37. The van der Waals surface area contributed by atoms with Crippen molar-refractivity contribution in [2.24, 2.45) is 0 Å². The second-order valence-electron chi connectivity index (χ2n) is 7.93. The summed E-state index contributed by atoms with van der Waals surface area (Å²) in [5, 5.41) is 4.27. The number of hydrogen-bond donors (Lipinski definition) is 1. The molecule has 1 aliphatic heterocycles. The van der Waals surface area contributed by atoms with Gasteiger partial charge in [0.25, 0.3) is 0 Å². The van der Waals surface area contributed by atoms with E-state index in [0.29, 0.717) is 0 Å². The molecule has 0 radical (unpaired) electrons. The zero-order valence-electron chi connectivity index (χ0n) is 18.6. The van der Waals surface area contributed by atoms with E-state index in [9.17, 15) is 0 Å². The van der Waals surface area contributed by atoms with E-state index in [1.807, 2.05) is 36.4 Å². The van der Waals surface area contributed by atoms with Crippen molar-refractivity contribution >= 4 is 34.6 Å². The van der Waals surface area contributed by atoms with Gasteiger partial charge in [-0.1, -0.05) is 35.9 Å². The summed E-state index contributed by atoms with van der Waals surface area (Å²) in [5.74, 6) is 1.78. The molecule has 3 aromatic rings. The zero-order valence-corrected chi connectivity index (χ0v) is 19.4. The van der Waals surface area contributed by atoms with Crippen molar-refractivity contribution in [1.82, 2.24) is 14.9 Å². The molecule has 0 saturated carbocycles. The Kier molecular flexibility index (Phi) is 7.80. The predicted octanol–water partition coefficient (Wildman–Crippen LogP) is 4.91. The summed E-state index contributed by atoms with van der Waals surface area (Å²) in [6, 6.07) is 20.5. The van der Waals surface area contributed by atoms with Crippen LogP contribution in [0.4, 0.5) is 23.0 Å². The van der Waals surface area contributed by atoms with Crippen LogP contribution in [0, 0.1) is 0 Å². The van der Waals surface area contributed by atoms with Gasteiger partial charge in [0.2, 0.25) is 0 Å². The number of hydrogen-bond acceptors (Lipinski definition) is 6. The first-order valence-electron chi connectivity index (χ1n) is 11.3. The van der Waals surface area contributed by atoms with Gasteiger partial charge in [-0.15, -0.1) is 0 Å². The summed E-state index contributed by atoms with van der Waals surface area (Å²) in [4.78, 5) is 16.0. The number of anilines is 4. The number of nitrogens with one attached hydrogen (secondary N) is 1. The highest BCUT2D eigenvalue weighted by Crippen LogP contribution is 2.24. The van der Waals surface area contributed by atoms with E-state index in [4.69, 9.17) is 11.6 Å². The summed E-state index contributed by atoms with van der Waals surface area (Å²) in [6.45, 7) is 9.18. The molecule has 1 saturated heterocycles. The molecule has 168 valence electrons. The SMILES string of the molecule is CCN(c1ccccc1)c1cc(NCCCN2CCN(c3cccc(Cl)c3)CC2)ncn1. The Morgan fingerprint density at radius 2 is 1.78 bits per heavy atom. The van der Waals surface area contributed by atoms with Crippen LogP contribution in [0.3, 0.4) is 0 Å². The van der Waals surface area contributed by atoms with E-state index < -0.39 is 0 Å². The molecular weight excluding hydrogens is 420 g/mol. The van der Waals surface area contributed by atoms with Gasteiger partial charge < -0.3 is 15.1 Å². The fraction of sp³-hybridized carbons (Fsp3) is 0.360. The molecule has 1 aromatic heterocycles. The topological polar surface area (TPSA) is 47.5 Å². The van der Waals surface area contributed by atoms with E-state index in [1.54, 1.807) is 6.33 Å². The highest BCUT2D eigenvalue weighted by molar-refractivity contribution is 6.30. The Bertz CT molecular complexity index is 975. The molecule has 0 aliphatic carbocycles. The van der Waals surface area contributed by atoms with Crippen molar-refractivity contribution in [3.63, 3.8) is 0 Å². The molecular formula is C25H31ClN6. The number of rotatable bonds is 9. The van der Waals surface area contributed by atoms with Crippen LogP contribution in [0.2, 0.25) is 5.02 Å². The number of nitrogens with zero attached hydrogens (tertiary/aromatic N) is 5. The minimum atomic E-state index is 0.801. The molecule has 4 rings (SSSR count). The highest BCUT2D eigenvalue weighted by atomic mass is 35.5. The molecule has 2 aromatic carbocycles. The number of para-hydroxylation sites is 1. The van der Waals surface area contributed by atoms with E-state index in [2.05, 4.69) is 61.2 Å². The van der Waals surface area contributed by atoms with Crippen molar-refractivity contribution in [2.45, 2.75) is 13.3 Å². The van der Waals surface area contributed by atoms with Crippen LogP contribution >= 0.6 is 11.6 Å². The lowest BCUT2D eigenvalue weighted by Crippen LogP contribution is -2.46. The third-order valence-electron chi connectivity index (χ3n) is 5.82. The summed E-state index contributed by atoms with van der Waals surface area (Å²) in [6.07, 6.45) is 2.71. The summed E-state index contributed by atoms with van der Waals surface area (Å²) in [7, 11) is 0. The van der Waals surface area contributed by atoms with E-state index in [0.717, 1.165) is 74.6 Å². The van der Waals surface area contributed by atoms with Gasteiger partial charge in [0.05, 0.1) is 0 Å². The minimum Gasteiger partial charge on any atom is -0.370 e. The first-order valence-corrected chi connectivity index (χ1v) is 11.7. The first-order chi connectivity index (χ1) is 15.7. The molecule has 2 heterocycles. The number of piperazine rings is 1. The van der Waals surface area contributed by atoms with Crippen LogP contribution in [0.5, 0.6) is 0 Å². The van der Waals surface area contributed by atoms with Crippen LogP contribution in [-0.2, 0) is 0 Å². The lowest BCUT2D eigenvalue weighted by atomic mass is 10.2. The molecule has 32 heavy (non-hydrogen) atoms. The van der Waals surface area contributed by atoms with E-state index in [-0.39, 0.29) is 0 Å². The lowest BCUT2D eigenvalue weighted by Gasteiger charge is -2.36. The van der Waals surface area contributed by atoms with Crippen LogP contribution in [0.15, 0.2) is 67.0 Å². The van der Waals surface area contributed by atoms with Gasteiger partial charge in [-0.05, 0) is 50.2 Å². The van der Waals surface area contributed by atoms with Gasteiger partial charge >= 0.3 is 0 Å². The molecule has 0 unspecified atom stereocenters. The molecule has 0 spiro atoms. The predicted molar refractivity (Wildman–Crippen MR) is 134 cm³/mol. The Hall–Kier alpha value is -2.83. The van der Waals surface area contributed by atoms with Gasteiger partial charge in [-0.2, -0.15) is 0 Å². The molecule has 0 bridgehead atoms. The van der Waals surface area contributed by atoms with Gasteiger partial charge in [-0.3, -0.25) is 4.90 Å². The first kappa shape index (κ1) is 22.4. The summed E-state index contributed by atoms with van der Waals surface area (Å²) < 4.78 is 0. The highest BCUT2D eigenvalue weighted by Gasteiger charge is 2.17. The van der Waals surface area contributed by atoms with Crippen molar-refractivity contribution in [1.29, 1.82) is 0 Å². The Labute approximate surface area is 195 Å². The number of aromatic nitrogens is 2. The smallest absolute Gasteiger partial charge is 0.138 e. The Morgan fingerprint density at radius 3 is 2.53 bits per heavy atom. The Balaban J connectivity index is 1.22. The maximum Gasteiger partial charge on any atom is 0.138 e. The normalized spacial score (nSPS) is 14.4. The quantitative estimate of drug-likeness (QED) is 0.467. The fourth-order valence-electron chi connectivity index (χ4n) is 4.10. The summed E-state index contributed by atoms with van der Waals surface area (Å²) >= 11 is 6.14. The Morgan fingerprint density at radius 1 is 0.969 bits per heavy atom. The van der Waals surface area contributed by atoms with Crippen LogP contribution in [0.25, 0.3) is 0 Å². The van der Waals surface area contributed by atoms with E-state index >= 15 is 0 Å². The maximum absolute atomic E-state index is 6.14. The molecule has 1 aliphatic rings. The molecule has 1 N–H and O–H groups in total. The van der Waals surface area contributed by atoms with Crippen molar-refractivity contribution in [3.8, 4) is 0 Å². The molecule has 0 amide bonds. The molecule has 6 nitrogen and oxygen atoms in total. The monoisotopic (exact) mass is 450 g/mol. The lowest BCUT2D eigenvalue weighted by molar-refractivity contribution is 0.257. The fourth-order valence-corrected chi connectivity index (χ4v) is 4.28. The van der Waals surface area contributed by atoms with Crippen LogP contribution < -0.4 is 15.1 Å². The molecule has 0 atom stereocenters. The van der Waals surface area contributed by atoms with Crippen LogP contribution in [0.1, 0.15) is 13.3 Å². The molecule has 1 fully saturated rings. The average molecular weight is 451 g/mol. The third-order valence-corrected chi connectivity index (χ3v) is 6.05. The van der Waals surface area contributed by atoms with Gasteiger partial charge in [0.1, 0.15) is 18.0 Å². The standard InChI is InChI=1S/C25H31ClN6/c1-2-32(22-9-4-3-5-10-22)25-19-24(28-20-29-25)27-12-7-13-30-14-16-31(17-15-30)23-11-6-8-21(26)18-23/h3-6,8-11,18-20H,2,7,12-17H2,1H3,(H,27,28,29). The average Bonchev–Trinajstić information content (AvgIpc) is 2.84. The van der Waals surface area contributed by atoms with Gasteiger partial charge in [-0.25, -0.2) is 9.97 Å². The summed E-state index contributed by atoms with van der Waals surface area (Å²) in [5.41, 5.74) is 2.35. The van der Waals surface area contributed by atoms with E-state index in [1.165, 1.54) is 5.69 Å². The van der Waals surface area contributed by atoms with Crippen molar-refractivity contribution in [3.05, 3.63) is 72.0 Å². The zero-order chi connectivity index (χ0) is 22.2. The third kappa shape index (κ3) is 5.90. The van der Waals surface area contributed by atoms with Gasteiger partial charge in [0.15, 0.2) is 0 Å². The molecule has 7 heteroatoms. The maximum atomic E-state index is 6.14. The van der Waals surface area contributed by atoms with Gasteiger partial charge in [0, 0.05) is 61.7 Å². The van der Waals surface area contributed by atoms with Crippen LogP contribution in [-0.4, -0.2) is 60.7 Å². The minimum absolute atomic E-state index is 0.801. The van der Waals surface area contributed by atoms with Crippen molar-refractivity contribution in [2.75, 3.05) is 60.9 Å². The van der Waals surface area contributed by atoms with Crippen molar-refractivity contribution < 1.29 is 0 Å². The second kappa shape index (κ2) is 11.2. The number of benzene rings is 2.